The minimum atomic E-state index is -0.617. The van der Waals surface area contributed by atoms with E-state index in [1.165, 1.54) is 0 Å². The Balaban J connectivity index is 1.81. The Morgan fingerprint density at radius 2 is 2.15 bits per heavy atom. The van der Waals surface area contributed by atoms with Crippen LogP contribution >= 0.6 is 0 Å². The third-order valence-electron chi connectivity index (χ3n) is 2.89. The lowest BCUT2D eigenvalue weighted by Gasteiger charge is -2.31. The molecule has 1 saturated heterocycles. The van der Waals surface area contributed by atoms with Gasteiger partial charge in [0.15, 0.2) is 0 Å². The second kappa shape index (κ2) is 6.67. The number of rotatable bonds is 7. The van der Waals surface area contributed by atoms with Gasteiger partial charge in [-0.1, -0.05) is 12.1 Å². The molecule has 1 aliphatic rings. The number of aromatic nitrogens is 3. The zero-order valence-corrected chi connectivity index (χ0v) is 11.7. The summed E-state index contributed by atoms with van der Waals surface area (Å²) in [6.45, 7) is 4.61. The van der Waals surface area contributed by atoms with Crippen molar-refractivity contribution in [2.24, 2.45) is 5.41 Å². The van der Waals surface area contributed by atoms with Gasteiger partial charge in [0.1, 0.15) is 18.9 Å². The lowest BCUT2D eigenvalue weighted by Crippen LogP contribution is -2.40. The molecule has 0 bridgehead atoms. The summed E-state index contributed by atoms with van der Waals surface area (Å²) >= 11 is 0. The maximum Gasteiger partial charge on any atom is 0.508 e. The molecule has 1 aromatic rings. The van der Waals surface area contributed by atoms with E-state index in [1.54, 1.807) is 11.8 Å². The Kier molecular flexibility index (Phi) is 4.91. The summed E-state index contributed by atoms with van der Waals surface area (Å²) < 4.78 is 21.8. The molecule has 112 valence electrons. The number of hydrogen-bond donors (Lipinski definition) is 0. The number of nitrogens with zero attached hydrogens (tertiary/aromatic N) is 3. The molecule has 0 radical (unpaired) electrons. The molecule has 0 saturated carbocycles. The van der Waals surface area contributed by atoms with Crippen LogP contribution < -0.4 is 0 Å². The average molecular weight is 285 g/mol. The van der Waals surface area contributed by atoms with Crippen molar-refractivity contribution >= 4 is 6.16 Å². The van der Waals surface area contributed by atoms with Gasteiger partial charge in [0.25, 0.3) is 0 Å². The maximum atomic E-state index is 10.9. The lowest BCUT2D eigenvalue weighted by atomic mass is 9.92. The molecule has 20 heavy (non-hydrogen) atoms. The fraction of sp³-hybridized carbons (Fsp3) is 0.750. The zero-order valence-electron chi connectivity index (χ0n) is 11.7. The molecule has 0 N–H and O–H groups in total. The first-order chi connectivity index (χ1) is 9.61. The summed E-state index contributed by atoms with van der Waals surface area (Å²) in [6, 6.07) is 0. The molecule has 0 amide bonds. The van der Waals surface area contributed by atoms with Gasteiger partial charge in [-0.2, -0.15) is 0 Å². The van der Waals surface area contributed by atoms with Crippen LogP contribution in [0.4, 0.5) is 4.79 Å². The molecular weight excluding hydrogens is 266 g/mol. The first-order valence-corrected chi connectivity index (χ1v) is 6.36. The molecule has 8 heteroatoms. The highest BCUT2D eigenvalue weighted by Gasteiger charge is 2.34. The molecule has 0 aliphatic carbocycles. The van der Waals surface area contributed by atoms with Gasteiger partial charge in [0.05, 0.1) is 38.0 Å². The van der Waals surface area contributed by atoms with Gasteiger partial charge in [-0.15, -0.1) is 5.10 Å². The summed E-state index contributed by atoms with van der Waals surface area (Å²) in [5, 5.41) is 8.06. The Morgan fingerprint density at radius 3 is 2.85 bits per heavy atom. The van der Waals surface area contributed by atoms with Gasteiger partial charge < -0.3 is 18.9 Å². The smallest absolute Gasteiger partial charge is 0.433 e. The maximum absolute atomic E-state index is 10.9. The molecule has 0 atom stereocenters. The number of ether oxygens (including phenoxy) is 4. The van der Waals surface area contributed by atoms with E-state index in [2.05, 4.69) is 10.3 Å². The molecule has 2 heterocycles. The van der Waals surface area contributed by atoms with E-state index >= 15 is 0 Å². The Labute approximate surface area is 116 Å². The van der Waals surface area contributed by atoms with Crippen molar-refractivity contribution in [3.8, 4) is 0 Å². The predicted octanol–water partition coefficient (Wildman–Crippen LogP) is 0.614. The van der Waals surface area contributed by atoms with Crippen molar-refractivity contribution in [3.05, 3.63) is 11.9 Å². The number of methoxy groups -OCH3 is 1. The first kappa shape index (κ1) is 14.7. The van der Waals surface area contributed by atoms with Crippen LogP contribution in [0.1, 0.15) is 12.6 Å². The SMILES string of the molecule is COCCOCc1cn(CC2(C)COC(=O)OC2)nn1. The van der Waals surface area contributed by atoms with Crippen LogP contribution in [0.2, 0.25) is 0 Å². The van der Waals surface area contributed by atoms with Gasteiger partial charge in [-0.05, 0) is 0 Å². The van der Waals surface area contributed by atoms with Gasteiger partial charge in [0, 0.05) is 7.11 Å². The Morgan fingerprint density at radius 1 is 1.40 bits per heavy atom. The molecule has 2 rings (SSSR count). The van der Waals surface area contributed by atoms with E-state index in [4.69, 9.17) is 18.9 Å². The third-order valence-corrected chi connectivity index (χ3v) is 2.89. The van der Waals surface area contributed by atoms with E-state index in [0.717, 1.165) is 5.69 Å². The van der Waals surface area contributed by atoms with Crippen molar-refractivity contribution in [3.63, 3.8) is 0 Å². The number of carbonyl (C=O) groups excluding carboxylic acids is 1. The van der Waals surface area contributed by atoms with E-state index in [0.29, 0.717) is 39.6 Å². The normalized spacial score (nSPS) is 17.6. The van der Waals surface area contributed by atoms with Crippen molar-refractivity contribution in [2.45, 2.75) is 20.1 Å². The number of carbonyl (C=O) groups is 1. The number of hydrogen-bond acceptors (Lipinski definition) is 7. The van der Waals surface area contributed by atoms with Crippen LogP contribution in [0.15, 0.2) is 6.20 Å². The molecule has 1 aliphatic heterocycles. The Hall–Kier alpha value is -1.67. The van der Waals surface area contributed by atoms with Crippen LogP contribution in [-0.4, -0.2) is 54.7 Å². The topological polar surface area (TPSA) is 84.7 Å². The lowest BCUT2D eigenvalue weighted by molar-refractivity contribution is -0.0598. The monoisotopic (exact) mass is 285 g/mol. The van der Waals surface area contributed by atoms with Gasteiger partial charge in [-0.25, -0.2) is 4.79 Å². The third kappa shape index (κ3) is 4.17. The van der Waals surface area contributed by atoms with Crippen molar-refractivity contribution in [2.75, 3.05) is 33.5 Å². The van der Waals surface area contributed by atoms with Crippen molar-refractivity contribution in [1.29, 1.82) is 0 Å². The van der Waals surface area contributed by atoms with Crippen LogP contribution in [0.25, 0.3) is 0 Å². The van der Waals surface area contributed by atoms with E-state index in [9.17, 15) is 4.79 Å². The standard InChI is InChI=1S/C12H19N3O5/c1-12(8-19-11(16)20-9-12)7-15-5-10(13-14-15)6-18-4-3-17-2/h5H,3-4,6-9H2,1-2H3. The second-order valence-electron chi connectivity index (χ2n) is 5.09. The molecule has 1 aromatic heterocycles. The first-order valence-electron chi connectivity index (χ1n) is 6.36. The highest BCUT2D eigenvalue weighted by atomic mass is 16.7. The summed E-state index contributed by atoms with van der Waals surface area (Å²) in [4.78, 5) is 10.9. The zero-order chi connectivity index (χ0) is 14.4. The summed E-state index contributed by atoms with van der Waals surface area (Å²) in [5.41, 5.74) is 0.453. The highest BCUT2D eigenvalue weighted by Crippen LogP contribution is 2.24. The Bertz CT molecular complexity index is 438. The highest BCUT2D eigenvalue weighted by molar-refractivity contribution is 5.60. The van der Waals surface area contributed by atoms with Crippen LogP contribution in [0, 0.1) is 5.41 Å². The van der Waals surface area contributed by atoms with Gasteiger partial charge >= 0.3 is 6.16 Å². The number of cyclic esters (lactones) is 2. The fourth-order valence-corrected chi connectivity index (χ4v) is 1.83. The minimum absolute atomic E-state index is 0.296. The predicted molar refractivity (Wildman–Crippen MR) is 67.0 cm³/mol. The molecular formula is C12H19N3O5. The molecule has 8 nitrogen and oxygen atoms in total. The second-order valence-corrected chi connectivity index (χ2v) is 5.09. The summed E-state index contributed by atoms with van der Waals surface area (Å²) in [5.74, 6) is 0. The van der Waals surface area contributed by atoms with Crippen LogP contribution in [0.3, 0.4) is 0 Å². The fourth-order valence-electron chi connectivity index (χ4n) is 1.83. The minimum Gasteiger partial charge on any atom is -0.433 e. The van der Waals surface area contributed by atoms with Crippen LogP contribution in [-0.2, 0) is 32.1 Å². The quantitative estimate of drug-likeness (QED) is 0.536. The van der Waals surface area contributed by atoms with Crippen LogP contribution in [0.5, 0.6) is 0 Å². The van der Waals surface area contributed by atoms with E-state index < -0.39 is 6.16 Å². The van der Waals surface area contributed by atoms with Gasteiger partial charge in [0.2, 0.25) is 0 Å². The molecule has 0 aromatic carbocycles. The molecule has 0 unspecified atom stereocenters. The largest absolute Gasteiger partial charge is 0.508 e. The van der Waals surface area contributed by atoms with Gasteiger partial charge in [-0.3, -0.25) is 4.68 Å². The summed E-state index contributed by atoms with van der Waals surface area (Å²) in [6.07, 6.45) is 1.20. The van der Waals surface area contributed by atoms with E-state index in [-0.39, 0.29) is 5.41 Å². The van der Waals surface area contributed by atoms with Crippen molar-refractivity contribution in [1.82, 2.24) is 15.0 Å². The van der Waals surface area contributed by atoms with Crippen molar-refractivity contribution < 1.29 is 23.7 Å². The molecule has 0 spiro atoms. The molecule has 1 fully saturated rings. The van der Waals surface area contributed by atoms with E-state index in [1.807, 2.05) is 13.1 Å². The average Bonchev–Trinajstić information content (AvgIpc) is 2.86. The summed E-state index contributed by atoms with van der Waals surface area (Å²) in [7, 11) is 1.62.